The van der Waals surface area contributed by atoms with Crippen LogP contribution >= 0.6 is 22.6 Å². The van der Waals surface area contributed by atoms with E-state index in [-0.39, 0.29) is 0 Å². The second kappa shape index (κ2) is 5.87. The molecule has 1 atom stereocenters. The molecule has 0 aromatic heterocycles. The fourth-order valence-corrected chi connectivity index (χ4v) is 2.48. The first-order chi connectivity index (χ1) is 7.75. The van der Waals surface area contributed by atoms with Gasteiger partial charge in [0.15, 0.2) is 0 Å². The Kier molecular flexibility index (Phi) is 4.46. The second-order valence-electron chi connectivity index (χ2n) is 4.35. The normalized spacial score (nSPS) is 21.5. The summed E-state index contributed by atoms with van der Waals surface area (Å²) in [6.45, 7) is 3.95. The van der Waals surface area contributed by atoms with E-state index < -0.39 is 0 Å². The van der Waals surface area contributed by atoms with Crippen molar-refractivity contribution >= 4 is 28.3 Å². The maximum Gasteiger partial charge on any atom is 0.0485 e. The van der Waals surface area contributed by atoms with E-state index in [9.17, 15) is 0 Å². The minimum atomic E-state index is 0.570. The molecule has 0 spiro atoms. The molecule has 0 radical (unpaired) electrons. The Morgan fingerprint density at radius 1 is 1.31 bits per heavy atom. The van der Waals surface area contributed by atoms with Gasteiger partial charge in [0.1, 0.15) is 0 Å². The standard InChI is InChI=1S/C13H18INO/c1-10-4-5-12(9-13(10)14)15-11-3-2-7-16-8-6-11/h4-5,9,11,15H,2-3,6-8H2,1H3. The van der Waals surface area contributed by atoms with Gasteiger partial charge in [-0.05, 0) is 66.5 Å². The van der Waals surface area contributed by atoms with Crippen LogP contribution in [0.1, 0.15) is 24.8 Å². The fraction of sp³-hybridized carbons (Fsp3) is 0.538. The van der Waals surface area contributed by atoms with E-state index in [4.69, 9.17) is 4.74 Å². The monoisotopic (exact) mass is 331 g/mol. The quantitative estimate of drug-likeness (QED) is 0.837. The van der Waals surface area contributed by atoms with Crippen molar-refractivity contribution in [2.24, 2.45) is 0 Å². The molecule has 2 rings (SSSR count). The molecular weight excluding hydrogens is 313 g/mol. The van der Waals surface area contributed by atoms with Crippen LogP contribution in [0.4, 0.5) is 5.69 Å². The molecule has 1 heterocycles. The molecule has 88 valence electrons. The first-order valence-electron chi connectivity index (χ1n) is 5.86. The molecule has 0 saturated carbocycles. The molecule has 0 bridgehead atoms. The van der Waals surface area contributed by atoms with Crippen LogP contribution in [-0.4, -0.2) is 19.3 Å². The highest BCUT2D eigenvalue weighted by atomic mass is 127. The molecule has 16 heavy (non-hydrogen) atoms. The van der Waals surface area contributed by atoms with Crippen LogP contribution in [0.15, 0.2) is 18.2 Å². The minimum absolute atomic E-state index is 0.570. The molecule has 1 N–H and O–H groups in total. The number of hydrogen-bond acceptors (Lipinski definition) is 2. The highest BCUT2D eigenvalue weighted by Crippen LogP contribution is 2.20. The van der Waals surface area contributed by atoms with E-state index in [1.165, 1.54) is 27.7 Å². The summed E-state index contributed by atoms with van der Waals surface area (Å²) in [4.78, 5) is 0. The van der Waals surface area contributed by atoms with E-state index in [0.717, 1.165) is 19.6 Å². The highest BCUT2D eigenvalue weighted by Gasteiger charge is 2.12. The Morgan fingerprint density at radius 2 is 2.19 bits per heavy atom. The van der Waals surface area contributed by atoms with Crippen molar-refractivity contribution in [1.82, 2.24) is 0 Å². The van der Waals surface area contributed by atoms with E-state index >= 15 is 0 Å². The third kappa shape index (κ3) is 3.35. The predicted octanol–water partition coefficient (Wildman–Crippen LogP) is 3.58. The van der Waals surface area contributed by atoms with Crippen LogP contribution in [0.2, 0.25) is 0 Å². The zero-order valence-electron chi connectivity index (χ0n) is 9.63. The van der Waals surface area contributed by atoms with E-state index in [1.807, 2.05) is 0 Å². The van der Waals surface area contributed by atoms with Gasteiger partial charge in [-0.15, -0.1) is 0 Å². The van der Waals surface area contributed by atoms with Crippen molar-refractivity contribution in [2.45, 2.75) is 32.2 Å². The maximum atomic E-state index is 5.46. The summed E-state index contributed by atoms with van der Waals surface area (Å²) in [6.07, 6.45) is 3.50. The van der Waals surface area contributed by atoms with Gasteiger partial charge in [-0.3, -0.25) is 0 Å². The molecule has 1 aromatic rings. The number of rotatable bonds is 2. The lowest BCUT2D eigenvalue weighted by Crippen LogP contribution is -2.19. The van der Waals surface area contributed by atoms with Crippen LogP contribution in [0.5, 0.6) is 0 Å². The number of hydrogen-bond donors (Lipinski definition) is 1. The molecule has 1 aliphatic heterocycles. The van der Waals surface area contributed by atoms with Gasteiger partial charge in [-0.25, -0.2) is 0 Å². The zero-order valence-corrected chi connectivity index (χ0v) is 11.8. The molecule has 1 aromatic carbocycles. The van der Waals surface area contributed by atoms with E-state index in [1.54, 1.807) is 0 Å². The summed E-state index contributed by atoms with van der Waals surface area (Å²) in [6, 6.07) is 7.14. The number of aryl methyl sites for hydroxylation is 1. The molecule has 1 saturated heterocycles. The first kappa shape index (κ1) is 12.2. The van der Waals surface area contributed by atoms with Crippen molar-refractivity contribution in [2.75, 3.05) is 18.5 Å². The van der Waals surface area contributed by atoms with Gasteiger partial charge >= 0.3 is 0 Å². The van der Waals surface area contributed by atoms with Gasteiger partial charge in [-0.2, -0.15) is 0 Å². The Bertz CT molecular complexity index is 346. The zero-order chi connectivity index (χ0) is 11.4. The average molecular weight is 331 g/mol. The summed E-state index contributed by atoms with van der Waals surface area (Å²) in [5.74, 6) is 0. The smallest absolute Gasteiger partial charge is 0.0485 e. The lowest BCUT2D eigenvalue weighted by Gasteiger charge is -2.17. The van der Waals surface area contributed by atoms with Gasteiger partial charge in [0.25, 0.3) is 0 Å². The fourth-order valence-electron chi connectivity index (χ4n) is 1.97. The molecule has 0 aliphatic carbocycles. The number of benzene rings is 1. The summed E-state index contributed by atoms with van der Waals surface area (Å²) < 4.78 is 6.79. The minimum Gasteiger partial charge on any atom is -0.382 e. The third-order valence-electron chi connectivity index (χ3n) is 2.99. The van der Waals surface area contributed by atoms with Crippen molar-refractivity contribution in [3.8, 4) is 0 Å². The molecule has 3 heteroatoms. The van der Waals surface area contributed by atoms with Crippen molar-refractivity contribution in [1.29, 1.82) is 0 Å². The van der Waals surface area contributed by atoms with Crippen molar-refractivity contribution in [3.05, 3.63) is 27.3 Å². The SMILES string of the molecule is Cc1ccc(NC2CCCOCC2)cc1I. The highest BCUT2D eigenvalue weighted by molar-refractivity contribution is 14.1. The molecule has 0 amide bonds. The maximum absolute atomic E-state index is 5.46. The third-order valence-corrected chi connectivity index (χ3v) is 4.16. The summed E-state index contributed by atoms with van der Waals surface area (Å²) in [5, 5.41) is 3.60. The first-order valence-corrected chi connectivity index (χ1v) is 6.94. The van der Waals surface area contributed by atoms with Crippen LogP contribution in [0, 0.1) is 10.5 Å². The summed E-state index contributed by atoms with van der Waals surface area (Å²) in [7, 11) is 0. The van der Waals surface area contributed by atoms with Gasteiger partial charge in [0.2, 0.25) is 0 Å². The van der Waals surface area contributed by atoms with Gasteiger partial charge < -0.3 is 10.1 Å². The average Bonchev–Trinajstić information content (AvgIpc) is 2.52. The Morgan fingerprint density at radius 3 is 3.00 bits per heavy atom. The predicted molar refractivity (Wildman–Crippen MR) is 76.0 cm³/mol. The molecule has 2 nitrogen and oxygen atoms in total. The summed E-state index contributed by atoms with van der Waals surface area (Å²) >= 11 is 2.39. The van der Waals surface area contributed by atoms with E-state index in [0.29, 0.717) is 6.04 Å². The summed E-state index contributed by atoms with van der Waals surface area (Å²) in [5.41, 5.74) is 2.58. The second-order valence-corrected chi connectivity index (χ2v) is 5.51. The topological polar surface area (TPSA) is 21.3 Å². The number of nitrogens with one attached hydrogen (secondary N) is 1. The van der Waals surface area contributed by atoms with Crippen molar-refractivity contribution < 1.29 is 4.74 Å². The van der Waals surface area contributed by atoms with Crippen LogP contribution < -0.4 is 5.32 Å². The van der Waals surface area contributed by atoms with Gasteiger partial charge in [0.05, 0.1) is 0 Å². The van der Waals surface area contributed by atoms with Gasteiger partial charge in [0, 0.05) is 28.5 Å². The molecule has 1 unspecified atom stereocenters. The molecule has 1 fully saturated rings. The Hall–Kier alpha value is -0.290. The number of ether oxygens (including phenoxy) is 1. The van der Waals surface area contributed by atoms with Crippen LogP contribution in [-0.2, 0) is 4.74 Å². The Labute approximate surface area is 111 Å². The van der Waals surface area contributed by atoms with Crippen molar-refractivity contribution in [3.63, 3.8) is 0 Å². The Balaban J connectivity index is 1.99. The molecule has 1 aliphatic rings. The number of anilines is 1. The lowest BCUT2D eigenvalue weighted by molar-refractivity contribution is 0.144. The van der Waals surface area contributed by atoms with E-state index in [2.05, 4.69) is 53.0 Å². The van der Waals surface area contributed by atoms with Crippen LogP contribution in [0.25, 0.3) is 0 Å². The largest absolute Gasteiger partial charge is 0.382 e. The molecular formula is C13H18INO. The van der Waals surface area contributed by atoms with Gasteiger partial charge in [-0.1, -0.05) is 6.07 Å². The number of halogens is 1. The van der Waals surface area contributed by atoms with Crippen LogP contribution in [0.3, 0.4) is 0 Å². The lowest BCUT2D eigenvalue weighted by atomic mass is 10.1.